The number of halogens is 3. The summed E-state index contributed by atoms with van der Waals surface area (Å²) < 4.78 is 62.2. The van der Waals surface area contributed by atoms with Gasteiger partial charge in [-0.2, -0.15) is 18.3 Å². The van der Waals surface area contributed by atoms with Crippen LogP contribution in [0.4, 0.5) is 24.7 Å². The summed E-state index contributed by atoms with van der Waals surface area (Å²) in [6.07, 6.45) is -2.97. The van der Waals surface area contributed by atoms with Crippen LogP contribution in [0.3, 0.4) is 0 Å². The van der Waals surface area contributed by atoms with Gasteiger partial charge >= 0.3 is 6.18 Å². The van der Waals surface area contributed by atoms with E-state index in [9.17, 15) is 21.6 Å². The van der Waals surface area contributed by atoms with Crippen molar-refractivity contribution in [2.24, 2.45) is 5.14 Å². The molecule has 2 heterocycles. The topological polar surface area (TPSA) is 127 Å². The maximum atomic E-state index is 13.0. The maximum absolute atomic E-state index is 13.0. The fraction of sp³-hybridized carbons (Fsp3) is 0.0500. The van der Waals surface area contributed by atoms with Gasteiger partial charge in [0.25, 0.3) is 0 Å². The fourth-order valence-electron chi connectivity index (χ4n) is 2.93. The standard InChI is InChI=1S/C20H15F3N6O2S/c21-20(22,23)13-5-1-4-12(10-13)17-27-19(29-28-17)16-8-3-9-25-18(16)26-14-6-2-7-15(11-14)32(24,30)31/h1-11H,(H,25,26)(H2,24,30,31)(H,27,28,29). The Labute approximate surface area is 180 Å². The number of H-pyrrole nitrogens is 1. The van der Waals surface area contributed by atoms with Crippen molar-refractivity contribution in [3.63, 3.8) is 0 Å². The van der Waals surface area contributed by atoms with Crippen molar-refractivity contribution in [2.45, 2.75) is 11.1 Å². The van der Waals surface area contributed by atoms with Crippen LogP contribution in [0.5, 0.6) is 0 Å². The van der Waals surface area contributed by atoms with Gasteiger partial charge in [-0.05, 0) is 42.5 Å². The van der Waals surface area contributed by atoms with E-state index in [4.69, 9.17) is 5.14 Å². The first-order valence-corrected chi connectivity index (χ1v) is 10.6. The van der Waals surface area contributed by atoms with Crippen molar-refractivity contribution in [3.05, 3.63) is 72.4 Å². The first kappa shape index (κ1) is 21.5. The smallest absolute Gasteiger partial charge is 0.340 e. The summed E-state index contributed by atoms with van der Waals surface area (Å²) in [5, 5.41) is 14.9. The van der Waals surface area contributed by atoms with E-state index in [1.807, 2.05) is 0 Å². The fourth-order valence-corrected chi connectivity index (χ4v) is 3.49. The highest BCUT2D eigenvalue weighted by molar-refractivity contribution is 7.89. The average molecular weight is 460 g/mol. The summed E-state index contributed by atoms with van der Waals surface area (Å²) >= 11 is 0. The number of anilines is 2. The Bertz CT molecular complexity index is 1390. The number of nitrogens with two attached hydrogens (primary N) is 1. The van der Waals surface area contributed by atoms with E-state index in [2.05, 4.69) is 25.5 Å². The van der Waals surface area contributed by atoms with E-state index in [1.165, 1.54) is 36.5 Å². The molecule has 0 amide bonds. The summed E-state index contributed by atoms with van der Waals surface area (Å²) in [4.78, 5) is 8.47. The number of hydrogen-bond donors (Lipinski definition) is 3. The third kappa shape index (κ3) is 4.60. The van der Waals surface area contributed by atoms with Gasteiger partial charge in [-0.25, -0.2) is 23.5 Å². The minimum absolute atomic E-state index is 0.0773. The predicted molar refractivity (Wildman–Crippen MR) is 111 cm³/mol. The third-order valence-corrected chi connectivity index (χ3v) is 5.33. The van der Waals surface area contributed by atoms with Gasteiger partial charge in [-0.3, -0.25) is 5.10 Å². The SMILES string of the molecule is NS(=O)(=O)c1cccc(Nc2ncccc2-c2nc(-c3cccc(C(F)(F)F)c3)n[nH]2)c1. The highest BCUT2D eigenvalue weighted by Gasteiger charge is 2.30. The van der Waals surface area contributed by atoms with E-state index in [-0.39, 0.29) is 22.1 Å². The first-order chi connectivity index (χ1) is 15.1. The number of aromatic amines is 1. The molecule has 0 saturated heterocycles. The second-order valence-corrected chi connectivity index (χ2v) is 8.25. The molecule has 4 rings (SSSR count). The molecule has 4 aromatic rings. The number of hydrogen-bond acceptors (Lipinski definition) is 6. The largest absolute Gasteiger partial charge is 0.416 e. The minimum atomic E-state index is -4.48. The Hall–Kier alpha value is -3.77. The second kappa shape index (κ2) is 8.05. The van der Waals surface area contributed by atoms with Crippen LogP contribution >= 0.6 is 0 Å². The molecule has 0 aliphatic carbocycles. The molecule has 8 nitrogen and oxygen atoms in total. The maximum Gasteiger partial charge on any atom is 0.416 e. The normalized spacial score (nSPS) is 12.0. The van der Waals surface area contributed by atoms with E-state index >= 15 is 0 Å². The van der Waals surface area contributed by atoms with Crippen molar-refractivity contribution < 1.29 is 21.6 Å². The van der Waals surface area contributed by atoms with E-state index in [0.717, 1.165) is 12.1 Å². The zero-order chi connectivity index (χ0) is 22.9. The van der Waals surface area contributed by atoms with Gasteiger partial charge in [0.1, 0.15) is 5.82 Å². The summed E-state index contributed by atoms with van der Waals surface area (Å²) in [6.45, 7) is 0. The molecule has 4 N–H and O–H groups in total. The molecule has 0 spiro atoms. The molecule has 0 saturated carbocycles. The van der Waals surface area contributed by atoms with Gasteiger partial charge in [-0.15, -0.1) is 0 Å². The van der Waals surface area contributed by atoms with Crippen LogP contribution in [0.25, 0.3) is 22.8 Å². The van der Waals surface area contributed by atoms with Crippen LogP contribution in [-0.4, -0.2) is 28.6 Å². The third-order valence-electron chi connectivity index (χ3n) is 4.42. The van der Waals surface area contributed by atoms with Crippen molar-refractivity contribution >= 4 is 21.5 Å². The molecule has 12 heteroatoms. The molecule has 0 fully saturated rings. The Morgan fingerprint density at radius 2 is 1.78 bits per heavy atom. The van der Waals surface area contributed by atoms with Gasteiger partial charge in [0.05, 0.1) is 16.0 Å². The number of aromatic nitrogens is 4. The molecule has 32 heavy (non-hydrogen) atoms. The second-order valence-electron chi connectivity index (χ2n) is 6.68. The molecule has 0 unspecified atom stereocenters. The number of nitrogens with one attached hydrogen (secondary N) is 2. The van der Waals surface area contributed by atoms with Crippen molar-refractivity contribution in [3.8, 4) is 22.8 Å². The number of pyridine rings is 1. The van der Waals surface area contributed by atoms with Gasteiger partial charge in [-0.1, -0.05) is 18.2 Å². The molecule has 0 aliphatic heterocycles. The summed E-state index contributed by atoms with van der Waals surface area (Å²) in [7, 11) is -3.89. The van der Waals surface area contributed by atoms with Crippen LogP contribution in [0.15, 0.2) is 71.8 Å². The molecular formula is C20H15F3N6O2S. The van der Waals surface area contributed by atoms with Crippen LogP contribution in [0, 0.1) is 0 Å². The zero-order valence-corrected chi connectivity index (χ0v) is 16.9. The number of benzene rings is 2. The Morgan fingerprint density at radius 1 is 1.00 bits per heavy atom. The van der Waals surface area contributed by atoms with Crippen molar-refractivity contribution in [1.82, 2.24) is 20.2 Å². The molecule has 0 atom stereocenters. The Kier molecular flexibility index (Phi) is 5.40. The lowest BCUT2D eigenvalue weighted by Gasteiger charge is -2.10. The molecule has 2 aromatic carbocycles. The summed E-state index contributed by atoms with van der Waals surface area (Å²) in [5.74, 6) is 0.665. The summed E-state index contributed by atoms with van der Waals surface area (Å²) in [6, 6.07) is 13.9. The highest BCUT2D eigenvalue weighted by atomic mass is 32.2. The quantitative estimate of drug-likeness (QED) is 0.414. The number of sulfonamides is 1. The molecule has 0 aliphatic rings. The van der Waals surface area contributed by atoms with Crippen LogP contribution in [-0.2, 0) is 16.2 Å². The van der Waals surface area contributed by atoms with Crippen molar-refractivity contribution in [1.29, 1.82) is 0 Å². The predicted octanol–water partition coefficient (Wildman–Crippen LogP) is 3.94. The first-order valence-electron chi connectivity index (χ1n) is 9.06. The Balaban J connectivity index is 1.67. The van der Waals surface area contributed by atoms with Crippen LogP contribution < -0.4 is 10.5 Å². The average Bonchev–Trinajstić information content (AvgIpc) is 3.23. The Morgan fingerprint density at radius 3 is 2.53 bits per heavy atom. The number of rotatable bonds is 5. The lowest BCUT2D eigenvalue weighted by Crippen LogP contribution is -2.12. The van der Waals surface area contributed by atoms with E-state index < -0.39 is 21.8 Å². The number of primary sulfonamides is 1. The van der Waals surface area contributed by atoms with Gasteiger partial charge in [0, 0.05) is 17.4 Å². The number of alkyl halides is 3. The zero-order valence-electron chi connectivity index (χ0n) is 16.1. The van der Waals surface area contributed by atoms with Gasteiger partial charge in [0.2, 0.25) is 10.0 Å². The summed E-state index contributed by atoms with van der Waals surface area (Å²) in [5.41, 5.74) is 0.273. The van der Waals surface area contributed by atoms with Crippen LogP contribution in [0.1, 0.15) is 5.56 Å². The van der Waals surface area contributed by atoms with E-state index in [1.54, 1.807) is 18.2 Å². The molecule has 164 valence electrons. The van der Waals surface area contributed by atoms with Crippen molar-refractivity contribution in [2.75, 3.05) is 5.32 Å². The van der Waals surface area contributed by atoms with Crippen LogP contribution in [0.2, 0.25) is 0 Å². The molecule has 0 radical (unpaired) electrons. The minimum Gasteiger partial charge on any atom is -0.340 e. The number of nitrogens with zero attached hydrogens (tertiary/aromatic N) is 3. The monoisotopic (exact) mass is 460 g/mol. The van der Waals surface area contributed by atoms with E-state index in [0.29, 0.717) is 17.1 Å². The molecular weight excluding hydrogens is 445 g/mol. The lowest BCUT2D eigenvalue weighted by atomic mass is 10.1. The highest BCUT2D eigenvalue weighted by Crippen LogP contribution is 2.32. The lowest BCUT2D eigenvalue weighted by molar-refractivity contribution is -0.137. The molecule has 0 bridgehead atoms. The molecule has 2 aromatic heterocycles. The van der Waals surface area contributed by atoms with Gasteiger partial charge < -0.3 is 5.32 Å². The van der Waals surface area contributed by atoms with Gasteiger partial charge in [0.15, 0.2) is 11.6 Å².